The zero-order chi connectivity index (χ0) is 8.81. The molecule has 1 heteroatoms. The molecule has 0 spiro atoms. The lowest BCUT2D eigenvalue weighted by Gasteiger charge is -2.16. The summed E-state index contributed by atoms with van der Waals surface area (Å²) in [6, 6.07) is 0.844. The van der Waals surface area contributed by atoms with Crippen molar-refractivity contribution < 1.29 is 0 Å². The van der Waals surface area contributed by atoms with E-state index in [1.54, 1.807) is 0 Å². The highest BCUT2D eigenvalue weighted by atomic mass is 14.9. The molecule has 0 saturated carbocycles. The molecule has 1 unspecified atom stereocenters. The van der Waals surface area contributed by atoms with Gasteiger partial charge < -0.3 is 5.32 Å². The van der Waals surface area contributed by atoms with Crippen LogP contribution in [-0.4, -0.2) is 12.6 Å². The summed E-state index contributed by atoms with van der Waals surface area (Å²) < 4.78 is 0. The number of unbranched alkanes of at least 4 members (excludes halogenated alkanes) is 1. The largest absolute Gasteiger partial charge is 0.314 e. The Morgan fingerprint density at radius 1 is 1.50 bits per heavy atom. The lowest BCUT2D eigenvalue weighted by atomic mass is 9.96. The van der Waals surface area contributed by atoms with E-state index in [2.05, 4.69) is 19.2 Å². The predicted molar refractivity (Wildman–Crippen MR) is 54.3 cm³/mol. The number of hydrogen-bond acceptors (Lipinski definition) is 1. The SMILES string of the molecule is CCCCC(C)C[C@H]1CCCN1. The van der Waals surface area contributed by atoms with Crippen molar-refractivity contribution in [2.75, 3.05) is 6.54 Å². The van der Waals surface area contributed by atoms with Crippen LogP contribution in [0.4, 0.5) is 0 Å². The second kappa shape index (κ2) is 5.58. The standard InChI is InChI=1S/C11H23N/c1-3-4-6-10(2)9-11-7-5-8-12-11/h10-12H,3-9H2,1-2H3/t10?,11-/m1/s1. The first-order valence-electron chi connectivity index (χ1n) is 5.56. The fourth-order valence-electron chi connectivity index (χ4n) is 2.11. The molecule has 1 fully saturated rings. The van der Waals surface area contributed by atoms with Crippen molar-refractivity contribution in [2.24, 2.45) is 5.92 Å². The van der Waals surface area contributed by atoms with Gasteiger partial charge in [0.25, 0.3) is 0 Å². The Morgan fingerprint density at radius 2 is 2.33 bits per heavy atom. The minimum atomic E-state index is 0.844. The van der Waals surface area contributed by atoms with Crippen molar-refractivity contribution in [3.8, 4) is 0 Å². The molecule has 0 aliphatic carbocycles. The Kier molecular flexibility index (Phi) is 4.67. The summed E-state index contributed by atoms with van der Waals surface area (Å²) in [5, 5.41) is 3.56. The molecule has 0 aromatic heterocycles. The van der Waals surface area contributed by atoms with Crippen LogP contribution in [0.25, 0.3) is 0 Å². The highest BCUT2D eigenvalue weighted by Gasteiger charge is 2.16. The lowest BCUT2D eigenvalue weighted by molar-refractivity contribution is 0.405. The molecule has 1 saturated heterocycles. The van der Waals surface area contributed by atoms with Gasteiger partial charge in [-0.2, -0.15) is 0 Å². The summed E-state index contributed by atoms with van der Waals surface area (Å²) in [5.74, 6) is 0.931. The fraction of sp³-hybridized carbons (Fsp3) is 1.00. The molecule has 72 valence electrons. The van der Waals surface area contributed by atoms with Gasteiger partial charge in [-0.25, -0.2) is 0 Å². The summed E-state index contributed by atoms with van der Waals surface area (Å²) in [4.78, 5) is 0. The van der Waals surface area contributed by atoms with Crippen molar-refractivity contribution in [1.29, 1.82) is 0 Å². The van der Waals surface area contributed by atoms with Gasteiger partial charge in [-0.15, -0.1) is 0 Å². The molecule has 1 aliphatic rings. The van der Waals surface area contributed by atoms with Crippen LogP contribution in [0.5, 0.6) is 0 Å². The quantitative estimate of drug-likeness (QED) is 0.667. The van der Waals surface area contributed by atoms with Gasteiger partial charge in [0.1, 0.15) is 0 Å². The third-order valence-electron chi connectivity index (χ3n) is 2.90. The smallest absolute Gasteiger partial charge is 0.00700 e. The average Bonchev–Trinajstić information content (AvgIpc) is 2.53. The maximum atomic E-state index is 3.56. The molecule has 1 nitrogen and oxygen atoms in total. The maximum absolute atomic E-state index is 3.56. The molecule has 0 radical (unpaired) electrons. The Labute approximate surface area is 76.9 Å². The van der Waals surface area contributed by atoms with Gasteiger partial charge in [-0.3, -0.25) is 0 Å². The molecule has 1 aliphatic heterocycles. The summed E-state index contributed by atoms with van der Waals surface area (Å²) in [5.41, 5.74) is 0. The second-order valence-corrected chi connectivity index (χ2v) is 4.28. The lowest BCUT2D eigenvalue weighted by Crippen LogP contribution is -2.23. The Bertz CT molecular complexity index is 106. The first-order valence-corrected chi connectivity index (χ1v) is 5.56. The van der Waals surface area contributed by atoms with Gasteiger partial charge >= 0.3 is 0 Å². The van der Waals surface area contributed by atoms with Crippen LogP contribution in [0.2, 0.25) is 0 Å². The van der Waals surface area contributed by atoms with E-state index in [0.717, 1.165) is 12.0 Å². The van der Waals surface area contributed by atoms with Crippen LogP contribution in [-0.2, 0) is 0 Å². The molecule has 1 N–H and O–H groups in total. The molecule has 0 amide bonds. The molecule has 0 bridgehead atoms. The molecule has 1 heterocycles. The molecular weight excluding hydrogens is 146 g/mol. The van der Waals surface area contributed by atoms with Crippen molar-refractivity contribution >= 4 is 0 Å². The van der Waals surface area contributed by atoms with Crippen molar-refractivity contribution in [3.63, 3.8) is 0 Å². The normalized spacial score (nSPS) is 26.0. The topological polar surface area (TPSA) is 12.0 Å². The van der Waals surface area contributed by atoms with Crippen molar-refractivity contribution in [1.82, 2.24) is 5.32 Å². The van der Waals surface area contributed by atoms with Crippen LogP contribution >= 0.6 is 0 Å². The first kappa shape index (κ1) is 10.0. The molecular formula is C11H23N. The van der Waals surface area contributed by atoms with Gasteiger partial charge in [0, 0.05) is 6.04 Å². The molecule has 1 rings (SSSR count). The summed E-state index contributed by atoms with van der Waals surface area (Å²) in [6.07, 6.45) is 8.40. The zero-order valence-electron chi connectivity index (χ0n) is 8.60. The van der Waals surface area contributed by atoms with Gasteiger partial charge in [0.2, 0.25) is 0 Å². The third-order valence-corrected chi connectivity index (χ3v) is 2.90. The fourth-order valence-corrected chi connectivity index (χ4v) is 2.11. The van der Waals surface area contributed by atoms with E-state index in [9.17, 15) is 0 Å². The van der Waals surface area contributed by atoms with Gasteiger partial charge in [-0.1, -0.05) is 33.1 Å². The first-order chi connectivity index (χ1) is 5.83. The number of hydrogen-bond donors (Lipinski definition) is 1. The van der Waals surface area contributed by atoms with Gasteiger partial charge in [0.05, 0.1) is 0 Å². The number of rotatable bonds is 5. The van der Waals surface area contributed by atoms with E-state index in [1.165, 1.54) is 45.1 Å². The van der Waals surface area contributed by atoms with E-state index in [1.807, 2.05) is 0 Å². The summed E-state index contributed by atoms with van der Waals surface area (Å²) in [7, 11) is 0. The summed E-state index contributed by atoms with van der Waals surface area (Å²) in [6.45, 7) is 5.93. The average molecular weight is 169 g/mol. The molecule has 0 aromatic carbocycles. The monoisotopic (exact) mass is 169 g/mol. The van der Waals surface area contributed by atoms with Gasteiger partial charge in [0.15, 0.2) is 0 Å². The Hall–Kier alpha value is -0.0400. The van der Waals surface area contributed by atoms with Crippen LogP contribution < -0.4 is 5.32 Å². The third kappa shape index (κ3) is 3.57. The predicted octanol–water partition coefficient (Wildman–Crippen LogP) is 2.95. The van der Waals surface area contributed by atoms with Crippen LogP contribution in [0, 0.1) is 5.92 Å². The summed E-state index contributed by atoms with van der Waals surface area (Å²) >= 11 is 0. The number of nitrogens with one attached hydrogen (secondary N) is 1. The molecule has 2 atom stereocenters. The highest BCUT2D eigenvalue weighted by molar-refractivity contribution is 4.75. The maximum Gasteiger partial charge on any atom is 0.00700 e. The van der Waals surface area contributed by atoms with Crippen LogP contribution in [0.15, 0.2) is 0 Å². The second-order valence-electron chi connectivity index (χ2n) is 4.28. The zero-order valence-corrected chi connectivity index (χ0v) is 8.60. The molecule has 0 aromatic rings. The minimum absolute atomic E-state index is 0.844. The van der Waals surface area contributed by atoms with Crippen molar-refractivity contribution in [3.05, 3.63) is 0 Å². The van der Waals surface area contributed by atoms with Crippen LogP contribution in [0.3, 0.4) is 0 Å². The van der Waals surface area contributed by atoms with E-state index >= 15 is 0 Å². The Balaban J connectivity index is 2.03. The molecule has 12 heavy (non-hydrogen) atoms. The van der Waals surface area contributed by atoms with E-state index in [0.29, 0.717) is 0 Å². The van der Waals surface area contributed by atoms with Gasteiger partial charge in [-0.05, 0) is 31.7 Å². The highest BCUT2D eigenvalue weighted by Crippen LogP contribution is 2.18. The van der Waals surface area contributed by atoms with E-state index < -0.39 is 0 Å². The Morgan fingerprint density at radius 3 is 2.92 bits per heavy atom. The van der Waals surface area contributed by atoms with Crippen LogP contribution in [0.1, 0.15) is 52.4 Å². The van der Waals surface area contributed by atoms with E-state index in [-0.39, 0.29) is 0 Å². The van der Waals surface area contributed by atoms with Crippen molar-refractivity contribution in [2.45, 2.75) is 58.4 Å². The minimum Gasteiger partial charge on any atom is -0.314 e. The van der Waals surface area contributed by atoms with E-state index in [4.69, 9.17) is 0 Å².